The van der Waals surface area contributed by atoms with Gasteiger partial charge < -0.3 is 102 Å². The van der Waals surface area contributed by atoms with Crippen LogP contribution in [0.1, 0.15) is 370 Å². The van der Waals surface area contributed by atoms with E-state index in [4.69, 9.17) is 81.8 Å². The van der Waals surface area contributed by atoms with Gasteiger partial charge >= 0.3 is 0 Å². The van der Waals surface area contributed by atoms with Crippen molar-refractivity contribution in [1.82, 2.24) is 0 Å². The topological polar surface area (TPSA) is 363 Å². The Labute approximate surface area is 897 Å². The Hall–Kier alpha value is -1.46. The number of nitrogens with two attached hydrogens (primary N) is 6. The minimum atomic E-state index is -0.481. The maximum Gasteiger partial charge on any atom is 0.174 e. The summed E-state index contributed by atoms with van der Waals surface area (Å²) >= 11 is 0. The molecule has 0 amide bonds. The van der Waals surface area contributed by atoms with E-state index in [1.54, 1.807) is 0 Å². The average molecular weight is 2080 g/mol. The summed E-state index contributed by atoms with van der Waals surface area (Å²) < 4.78 is 64.6. The predicted molar refractivity (Wildman–Crippen MR) is 585 cm³/mol. The van der Waals surface area contributed by atoms with E-state index in [1.165, 1.54) is 96.3 Å². The van der Waals surface area contributed by atoms with E-state index in [2.05, 4.69) is 138 Å². The molecule has 22 aliphatic rings. The zero-order valence-corrected chi connectivity index (χ0v) is 97.0. The summed E-state index contributed by atoms with van der Waals surface area (Å²) in [4.78, 5) is 27.2. The highest BCUT2D eigenvalue weighted by Gasteiger charge is 2.77. The van der Waals surface area contributed by atoms with Crippen LogP contribution >= 0.6 is 0 Å². The van der Waals surface area contributed by atoms with E-state index in [9.17, 15) is 30.0 Å². The summed E-state index contributed by atoms with van der Waals surface area (Å²) in [5.41, 5.74) is 36.2. The van der Waals surface area contributed by atoms with Crippen molar-refractivity contribution in [3.8, 4) is 0 Å². The van der Waals surface area contributed by atoms with Crippen molar-refractivity contribution in [2.45, 2.75) is 442 Å². The molecule has 45 atom stereocenters. The second-order valence-electron chi connectivity index (χ2n) is 58.8. The molecule has 0 radical (unpaired) electrons. The number of hydrogen-bond donors (Lipinski definition) is 10. The van der Waals surface area contributed by atoms with Gasteiger partial charge in [-0.1, -0.05) is 138 Å². The SMILES string of the molecule is CC(C)[C@H]1CC[C@H]2C3[C@H](O)CC4CC(O)CC[C@]4(C)[C@H]3CC(=O)[C@]12C.CC(C)[C@H]1CC[C@H]2C3[C@H](O)CC4C[C@H](O)CC[C@]4(C)[C@H]3CC3(OCCO3)[C@]12C.CC(C)[C@H]1CC[C@H]2C3[C@H](OCCN)CC4CC(OCCN)CC[C@]4(C)[C@H]3CC(=O)[C@]12C.CC(C)[C@H]1CC[C@H]2C3[C@H](OCCN)CC4CC(OCCN)CC[C@]4(C)[C@H]3CC[C@]12C.CC(C)[C@H]1CC[C@H]2C3[C@H](OCCN)CC4C[C@H](OCCN)CC[C@]4(C)[C@H]3CC3(OCCO3)[C@]12C. The summed E-state index contributed by atoms with van der Waals surface area (Å²) in [6.07, 6.45) is 40.6. The van der Waals surface area contributed by atoms with Gasteiger partial charge in [-0.15, -0.1) is 0 Å². The zero-order valence-electron chi connectivity index (χ0n) is 97.0. The molecule has 13 unspecified atom stereocenters. The molecule has 2 saturated heterocycles. The Bertz CT molecular complexity index is 4360. The van der Waals surface area contributed by atoms with Gasteiger partial charge in [0.2, 0.25) is 0 Å². The fraction of sp³-hybridized carbons (Fsp3) is 0.984. The van der Waals surface area contributed by atoms with Gasteiger partial charge in [0, 0.05) is 86.6 Å². The van der Waals surface area contributed by atoms with E-state index in [-0.39, 0.29) is 85.9 Å². The molecule has 148 heavy (non-hydrogen) atoms. The molecule has 16 N–H and O–H groups in total. The molecule has 22 fully saturated rings. The normalized spacial score (nSPS) is 50.4. The summed E-state index contributed by atoms with van der Waals surface area (Å²) in [6.45, 7) is 58.6. The van der Waals surface area contributed by atoms with Gasteiger partial charge in [0.05, 0.1) is 127 Å². The fourth-order valence-electron chi connectivity index (χ4n) is 44.8. The Balaban J connectivity index is 0.000000121. The smallest absolute Gasteiger partial charge is 0.174 e. The summed E-state index contributed by atoms with van der Waals surface area (Å²) in [6, 6.07) is 0. The van der Waals surface area contributed by atoms with E-state index < -0.39 is 11.6 Å². The number of aliphatic hydroxyl groups is 4. The minimum Gasteiger partial charge on any atom is -0.393 e. The third-order valence-electron chi connectivity index (χ3n) is 51.8. The lowest BCUT2D eigenvalue weighted by Crippen LogP contribution is -2.67. The van der Waals surface area contributed by atoms with Gasteiger partial charge in [0.25, 0.3) is 0 Å². The molecule has 20 saturated carbocycles. The third-order valence-corrected chi connectivity index (χ3v) is 51.8. The molecular weight excluding hydrogens is 1850 g/mol. The van der Waals surface area contributed by atoms with Crippen LogP contribution in [0.3, 0.4) is 0 Å². The molecule has 0 aromatic heterocycles. The lowest BCUT2D eigenvalue weighted by atomic mass is 9.42. The van der Waals surface area contributed by atoms with Crippen molar-refractivity contribution < 1.29 is 77.4 Å². The average Bonchev–Trinajstić information content (AvgIpc) is 1.47. The Morgan fingerprint density at radius 2 is 0.547 bits per heavy atom. The third kappa shape index (κ3) is 19.6. The van der Waals surface area contributed by atoms with Gasteiger partial charge in [0.1, 0.15) is 11.6 Å². The van der Waals surface area contributed by atoms with Crippen molar-refractivity contribution in [2.24, 2.45) is 266 Å². The number of fused-ring (bicyclic) bond motifs is 27. The fourth-order valence-corrected chi connectivity index (χ4v) is 44.8. The highest BCUT2D eigenvalue weighted by Crippen LogP contribution is 2.78. The molecule has 850 valence electrons. The van der Waals surface area contributed by atoms with E-state index in [0.717, 1.165) is 171 Å². The first-order valence-corrected chi connectivity index (χ1v) is 62.6. The van der Waals surface area contributed by atoms with Crippen LogP contribution in [-0.2, 0) is 57.0 Å². The quantitative estimate of drug-likeness (QED) is 0.0454. The standard InChI is InChI=1S/C28H50N2O4.C26H46N2O3.C26H48N2O2.C24H40O4.C22H36O3/c1-18(2)21-5-6-22-25-23(17-28(27(21,22)4)33-13-14-34-28)26(3)8-7-20(31-11-9-29)15-19(26)16-24(25)32-12-10-30;1-16(2)19-5-6-20-24-21(15-23(29)26(19,20)4)25(3)8-7-18(30-11-9-27)13-17(25)14-22(24)31-12-10-28;1-17(2)20-5-6-21-24-22(8-10-26(20,21)4)25(3)9-7-19(29-13-11-27)15-18(25)16-23(24)30-14-12-28;1-14(2)17-5-6-18-21-19(13-24(23(17,18)4)27-9-10-28-24)22(3)8-7-16(25)11-15(22)12-20(21)26;1-12(2)15-5-6-16-20-17(11-19(25)22(15,16)4)21(3)8-7-14(23)9-13(21)10-18(20)24/h18-25H,5-17,29-30H2,1-4H3;16-22,24H,5-15,27-28H2,1-4H3;17-24H,5-16,27-28H2,1-4H3;14-21,25-26H,5-13H2,1-4H3;12-18,20,23-24H,5-11H2,1-4H3/t19?,20-,21-,22+,23+,24-,25?,26+,27-;17?,18?,19-,20+,21+,22-,24?,25+,26-;18?,19?,20-,21+,22+,23-,24?,25+,26-;15?,16-,17-,18+,19+,20-,21?,22+,23-;13?,14?,15-,16+,17+,18-,20?,21+,22-/m11111/s1. The number of hydrogen-bond acceptors (Lipinski definition) is 22. The zero-order chi connectivity index (χ0) is 106. The van der Waals surface area contributed by atoms with Gasteiger partial charge in [-0.25, -0.2) is 0 Å². The van der Waals surface area contributed by atoms with Crippen molar-refractivity contribution in [1.29, 1.82) is 0 Å². The van der Waals surface area contributed by atoms with Crippen molar-refractivity contribution >= 4 is 11.6 Å². The second kappa shape index (κ2) is 45.5. The highest BCUT2D eigenvalue weighted by molar-refractivity contribution is 5.87. The molecule has 22 heteroatoms. The predicted octanol–water partition coefficient (Wildman–Crippen LogP) is 20.1. The largest absolute Gasteiger partial charge is 0.393 e. The number of carbonyl (C=O) groups excluding carboxylic acids is 2. The molecule has 0 bridgehead atoms. The van der Waals surface area contributed by atoms with Gasteiger partial charge in [-0.3, -0.25) is 9.59 Å². The lowest BCUT2D eigenvalue weighted by Gasteiger charge is -2.66. The van der Waals surface area contributed by atoms with Crippen molar-refractivity contribution in [3.05, 3.63) is 0 Å². The highest BCUT2D eigenvalue weighted by atomic mass is 16.7. The van der Waals surface area contributed by atoms with Crippen LogP contribution in [0.5, 0.6) is 0 Å². The Kier molecular flexibility index (Phi) is 35.7. The second-order valence-corrected chi connectivity index (χ2v) is 58.8. The van der Waals surface area contributed by atoms with Gasteiger partial charge in [-0.05, 0) is 415 Å². The molecule has 2 spiro atoms. The first-order valence-electron chi connectivity index (χ1n) is 62.6. The van der Waals surface area contributed by atoms with Crippen LogP contribution in [0, 0.1) is 232 Å². The lowest BCUT2D eigenvalue weighted by molar-refractivity contribution is -0.325. The first-order chi connectivity index (χ1) is 70.3. The maximum atomic E-state index is 13.8. The number of ether oxygens (including phenoxy) is 10. The monoisotopic (exact) mass is 2070 g/mol. The minimum absolute atomic E-state index is 0.0167. The molecule has 0 aromatic rings. The van der Waals surface area contributed by atoms with Crippen LogP contribution in [0.25, 0.3) is 0 Å². The number of rotatable bonds is 23. The van der Waals surface area contributed by atoms with Crippen LogP contribution in [-0.4, -0.2) is 210 Å². The number of Topliss-reactive ketones (excluding diaryl/α,β-unsaturated/α-hetero) is 2. The maximum absolute atomic E-state index is 13.8. The van der Waals surface area contributed by atoms with Crippen molar-refractivity contribution in [3.63, 3.8) is 0 Å². The first kappa shape index (κ1) is 116. The van der Waals surface area contributed by atoms with E-state index in [1.807, 2.05) is 0 Å². The molecule has 22 nitrogen and oxygen atoms in total. The van der Waals surface area contributed by atoms with Crippen molar-refractivity contribution in [2.75, 3.05) is 105 Å². The molecule has 2 aliphatic heterocycles. The summed E-state index contributed by atoms with van der Waals surface area (Å²) in [5.74, 6) is 16.5. The Morgan fingerprint density at radius 1 is 0.277 bits per heavy atom. The molecule has 2 heterocycles. The van der Waals surface area contributed by atoms with Crippen LogP contribution in [0.2, 0.25) is 0 Å². The summed E-state index contributed by atoms with van der Waals surface area (Å²) in [7, 11) is 0. The Morgan fingerprint density at radius 3 is 0.926 bits per heavy atom. The molecule has 22 rings (SSSR count). The van der Waals surface area contributed by atoms with Crippen LogP contribution in [0.15, 0.2) is 0 Å². The molecule has 20 aliphatic carbocycles. The van der Waals surface area contributed by atoms with E-state index >= 15 is 0 Å². The van der Waals surface area contributed by atoms with Gasteiger partial charge in [-0.2, -0.15) is 0 Å². The molecule has 0 aromatic carbocycles. The van der Waals surface area contributed by atoms with Crippen LogP contribution < -0.4 is 34.4 Å². The van der Waals surface area contributed by atoms with E-state index in [0.29, 0.717) is 287 Å². The van der Waals surface area contributed by atoms with Gasteiger partial charge in [0.15, 0.2) is 11.6 Å². The number of aliphatic hydroxyl groups excluding tert-OH is 4. The van der Waals surface area contributed by atoms with Crippen LogP contribution in [0.4, 0.5) is 0 Å². The summed E-state index contributed by atoms with van der Waals surface area (Å²) in [5, 5.41) is 43.0. The number of carbonyl (C=O) groups is 2. The molecular formula is C126H220N6O16. The number of ketones is 2.